The topological polar surface area (TPSA) is 133 Å². The number of carbonyl (C=O) groups is 1. The van der Waals surface area contributed by atoms with Gasteiger partial charge in [-0.15, -0.1) is 0 Å². The Morgan fingerprint density at radius 3 is 2.86 bits per heavy atom. The summed E-state index contributed by atoms with van der Waals surface area (Å²) in [6.45, 7) is 1.56. The summed E-state index contributed by atoms with van der Waals surface area (Å²) in [5, 5.41) is 21.5. The lowest BCUT2D eigenvalue weighted by Gasteiger charge is -2.01. The fraction of sp³-hybridized carbons (Fsp3) is 0.167. The molecule has 0 atom stereocenters. The van der Waals surface area contributed by atoms with E-state index < -0.39 is 10.8 Å². The second-order valence-electron chi connectivity index (χ2n) is 4.09. The summed E-state index contributed by atoms with van der Waals surface area (Å²) in [7, 11) is 1.34. The van der Waals surface area contributed by atoms with Crippen LogP contribution >= 0.6 is 0 Å². The summed E-state index contributed by atoms with van der Waals surface area (Å²) in [6, 6.07) is 4.27. The molecule has 0 aliphatic carbocycles. The number of nitrogens with one attached hydrogen (secondary N) is 1. The van der Waals surface area contributed by atoms with Crippen molar-refractivity contribution in [1.29, 1.82) is 0 Å². The summed E-state index contributed by atoms with van der Waals surface area (Å²) < 4.78 is 9.28. The quantitative estimate of drug-likeness (QED) is 0.496. The van der Waals surface area contributed by atoms with Gasteiger partial charge in [0, 0.05) is 11.6 Å². The molecule has 0 saturated carbocycles. The highest BCUT2D eigenvalue weighted by Crippen LogP contribution is 2.26. The molecule has 1 N–H and O–H groups in total. The number of hydrogen-bond donors (Lipinski definition) is 1. The van der Waals surface area contributed by atoms with Gasteiger partial charge in [-0.2, -0.15) is 5.10 Å². The van der Waals surface area contributed by atoms with Crippen molar-refractivity contribution in [1.82, 2.24) is 15.7 Å². The number of rotatable bonds is 5. The number of methoxy groups -OCH3 is 1. The molecule has 0 bridgehead atoms. The normalized spacial score (nSPS) is 10.6. The molecule has 1 amide bonds. The zero-order valence-corrected chi connectivity index (χ0v) is 11.6. The van der Waals surface area contributed by atoms with Gasteiger partial charge < -0.3 is 4.74 Å². The molecule has 1 heterocycles. The lowest BCUT2D eigenvalue weighted by Crippen LogP contribution is -2.19. The first-order chi connectivity index (χ1) is 10.5. The summed E-state index contributed by atoms with van der Waals surface area (Å²) in [5.74, 6) is -0.464. The van der Waals surface area contributed by atoms with Gasteiger partial charge >= 0.3 is 5.69 Å². The number of benzene rings is 1. The third kappa shape index (κ3) is 3.23. The maximum atomic E-state index is 11.7. The molecule has 0 aliphatic heterocycles. The third-order valence-electron chi connectivity index (χ3n) is 2.65. The van der Waals surface area contributed by atoms with Gasteiger partial charge in [0.05, 0.1) is 18.2 Å². The SMILES string of the molecule is COc1ccc(/C=N\NC(=O)c2nonc2C)cc1[N+](=O)[O-]. The molecule has 10 heteroatoms. The first-order valence-corrected chi connectivity index (χ1v) is 5.98. The van der Waals surface area contributed by atoms with Crippen LogP contribution in [0.4, 0.5) is 5.69 Å². The van der Waals surface area contributed by atoms with Crippen molar-refractivity contribution in [2.24, 2.45) is 5.10 Å². The first kappa shape index (κ1) is 15.1. The third-order valence-corrected chi connectivity index (χ3v) is 2.65. The second-order valence-corrected chi connectivity index (χ2v) is 4.09. The largest absolute Gasteiger partial charge is 0.490 e. The Bertz CT molecular complexity index is 739. The van der Waals surface area contributed by atoms with Crippen LogP contribution in [0.15, 0.2) is 27.9 Å². The van der Waals surface area contributed by atoms with Gasteiger partial charge in [-0.05, 0) is 24.2 Å². The van der Waals surface area contributed by atoms with E-state index in [1.54, 1.807) is 13.0 Å². The van der Waals surface area contributed by atoms with E-state index in [2.05, 4.69) is 25.5 Å². The van der Waals surface area contributed by atoms with Gasteiger partial charge in [-0.25, -0.2) is 10.1 Å². The highest BCUT2D eigenvalue weighted by Gasteiger charge is 2.15. The van der Waals surface area contributed by atoms with Crippen molar-refractivity contribution in [2.75, 3.05) is 7.11 Å². The van der Waals surface area contributed by atoms with Crippen molar-refractivity contribution in [2.45, 2.75) is 6.92 Å². The standard InChI is InChI=1S/C12H11N5O5/c1-7-11(16-22-15-7)12(18)14-13-6-8-3-4-10(21-2)9(5-8)17(19)20/h3-6H,1-2H3,(H,14,18)/b13-6-. The van der Waals surface area contributed by atoms with Crippen LogP contribution in [0.2, 0.25) is 0 Å². The van der Waals surface area contributed by atoms with Gasteiger partial charge in [-0.3, -0.25) is 14.9 Å². The van der Waals surface area contributed by atoms with Crippen molar-refractivity contribution in [3.8, 4) is 5.75 Å². The van der Waals surface area contributed by atoms with E-state index in [0.717, 1.165) is 0 Å². The monoisotopic (exact) mass is 305 g/mol. The summed E-state index contributed by atoms with van der Waals surface area (Å²) in [5.41, 5.74) is 2.78. The number of aryl methyl sites for hydroxylation is 1. The van der Waals surface area contributed by atoms with E-state index in [-0.39, 0.29) is 17.1 Å². The minimum atomic E-state index is -0.599. The number of nitrogens with zero attached hydrogens (tertiary/aromatic N) is 4. The smallest absolute Gasteiger partial charge is 0.311 e. The van der Waals surface area contributed by atoms with Crippen LogP contribution in [-0.4, -0.2) is 34.5 Å². The fourth-order valence-corrected chi connectivity index (χ4v) is 1.59. The van der Waals surface area contributed by atoms with Crippen molar-refractivity contribution >= 4 is 17.8 Å². The van der Waals surface area contributed by atoms with Gasteiger partial charge in [-0.1, -0.05) is 5.16 Å². The van der Waals surface area contributed by atoms with E-state index in [0.29, 0.717) is 11.3 Å². The molecular weight excluding hydrogens is 294 g/mol. The Kier molecular flexibility index (Phi) is 4.41. The summed E-state index contributed by atoms with van der Waals surface area (Å²) in [4.78, 5) is 22.0. The van der Waals surface area contributed by atoms with E-state index in [9.17, 15) is 14.9 Å². The molecule has 2 aromatic rings. The van der Waals surface area contributed by atoms with Crippen LogP contribution in [-0.2, 0) is 0 Å². The van der Waals surface area contributed by atoms with Crippen molar-refractivity contribution in [3.05, 3.63) is 45.3 Å². The minimum Gasteiger partial charge on any atom is -0.490 e. The van der Waals surface area contributed by atoms with Gasteiger partial charge in [0.2, 0.25) is 0 Å². The average Bonchev–Trinajstić information content (AvgIpc) is 2.93. The highest BCUT2D eigenvalue weighted by molar-refractivity contribution is 5.93. The Morgan fingerprint density at radius 1 is 1.50 bits per heavy atom. The molecule has 22 heavy (non-hydrogen) atoms. The molecule has 0 saturated heterocycles. The molecule has 114 valence electrons. The molecule has 1 aromatic carbocycles. The van der Waals surface area contributed by atoms with E-state index in [1.165, 1.54) is 25.5 Å². The molecule has 0 unspecified atom stereocenters. The van der Waals surface area contributed by atoms with Gasteiger partial charge in [0.1, 0.15) is 5.69 Å². The Hall–Kier alpha value is -3.30. The summed E-state index contributed by atoms with van der Waals surface area (Å²) in [6.07, 6.45) is 1.26. The lowest BCUT2D eigenvalue weighted by atomic mass is 10.2. The predicted molar refractivity (Wildman–Crippen MR) is 73.7 cm³/mol. The van der Waals surface area contributed by atoms with Gasteiger partial charge in [0.15, 0.2) is 11.4 Å². The van der Waals surface area contributed by atoms with Crippen LogP contribution in [0, 0.1) is 17.0 Å². The van der Waals surface area contributed by atoms with E-state index in [1.807, 2.05) is 0 Å². The number of carbonyl (C=O) groups excluding carboxylic acids is 1. The molecule has 0 radical (unpaired) electrons. The van der Waals surface area contributed by atoms with Crippen LogP contribution in [0.1, 0.15) is 21.7 Å². The zero-order chi connectivity index (χ0) is 16.1. The van der Waals surface area contributed by atoms with Crippen molar-refractivity contribution < 1.29 is 19.1 Å². The maximum absolute atomic E-state index is 11.7. The molecule has 1 aromatic heterocycles. The van der Waals surface area contributed by atoms with E-state index in [4.69, 9.17) is 4.74 Å². The number of hydrogen-bond acceptors (Lipinski definition) is 8. The summed E-state index contributed by atoms with van der Waals surface area (Å²) >= 11 is 0. The number of nitro benzene ring substituents is 1. The minimum absolute atomic E-state index is 0.0119. The molecule has 0 fully saturated rings. The van der Waals surface area contributed by atoms with Crippen LogP contribution in [0.3, 0.4) is 0 Å². The fourth-order valence-electron chi connectivity index (χ4n) is 1.59. The lowest BCUT2D eigenvalue weighted by molar-refractivity contribution is -0.385. The highest BCUT2D eigenvalue weighted by atomic mass is 16.6. The number of hydrazone groups is 1. The molecule has 0 spiro atoms. The van der Waals surface area contributed by atoms with Crippen LogP contribution in [0.5, 0.6) is 5.75 Å². The number of aromatic nitrogens is 2. The second kappa shape index (κ2) is 6.43. The number of nitro groups is 1. The zero-order valence-electron chi connectivity index (χ0n) is 11.6. The Balaban J connectivity index is 2.10. The Morgan fingerprint density at radius 2 is 2.27 bits per heavy atom. The first-order valence-electron chi connectivity index (χ1n) is 5.98. The van der Waals surface area contributed by atoms with Crippen molar-refractivity contribution in [3.63, 3.8) is 0 Å². The van der Waals surface area contributed by atoms with E-state index >= 15 is 0 Å². The molecule has 2 rings (SSSR count). The van der Waals surface area contributed by atoms with Crippen LogP contribution in [0.25, 0.3) is 0 Å². The number of ether oxygens (including phenoxy) is 1. The Labute approximate surface area is 123 Å². The van der Waals surface area contributed by atoms with Crippen LogP contribution < -0.4 is 10.2 Å². The average molecular weight is 305 g/mol. The maximum Gasteiger partial charge on any atom is 0.311 e. The molecular formula is C12H11N5O5. The van der Waals surface area contributed by atoms with Gasteiger partial charge in [0.25, 0.3) is 5.91 Å². The molecule has 0 aliphatic rings. The predicted octanol–water partition coefficient (Wildman–Crippen LogP) is 1.06. The molecule has 10 nitrogen and oxygen atoms in total. The number of amides is 1.